The Morgan fingerprint density at radius 1 is 1.23 bits per heavy atom. The monoisotopic (exact) mass is 392 g/mol. The first kappa shape index (κ1) is 19.1. The lowest BCUT2D eigenvalue weighted by atomic mass is 10.4. The molecular formula is C14H21BrN2O4S. The van der Waals surface area contributed by atoms with Crippen LogP contribution in [0, 0.1) is 0 Å². The highest BCUT2D eigenvalue weighted by atomic mass is 79.9. The normalized spacial score (nSPS) is 11.4. The molecule has 124 valence electrons. The summed E-state index contributed by atoms with van der Waals surface area (Å²) in [7, 11) is -3.58. The molecule has 1 amide bonds. The predicted molar refractivity (Wildman–Crippen MR) is 88.1 cm³/mol. The second-order valence-electron chi connectivity index (χ2n) is 4.50. The molecular weight excluding hydrogens is 372 g/mol. The number of amides is 1. The van der Waals surface area contributed by atoms with Crippen LogP contribution in [0.4, 0.5) is 0 Å². The summed E-state index contributed by atoms with van der Waals surface area (Å²) < 4.78 is 32.3. The van der Waals surface area contributed by atoms with Gasteiger partial charge in [0.25, 0.3) is 0 Å². The minimum Gasteiger partial charge on any atom is -0.382 e. The van der Waals surface area contributed by atoms with Crippen LogP contribution >= 0.6 is 15.9 Å². The fraction of sp³-hybridized carbons (Fsp3) is 0.500. The molecule has 0 fully saturated rings. The summed E-state index contributed by atoms with van der Waals surface area (Å²) >= 11 is 3.25. The van der Waals surface area contributed by atoms with Crippen molar-refractivity contribution in [3.05, 3.63) is 28.7 Å². The molecule has 1 aromatic rings. The van der Waals surface area contributed by atoms with E-state index in [1.807, 2.05) is 6.92 Å². The maximum atomic E-state index is 12.0. The van der Waals surface area contributed by atoms with Crippen molar-refractivity contribution in [2.24, 2.45) is 0 Å². The van der Waals surface area contributed by atoms with E-state index in [0.717, 1.165) is 10.9 Å². The number of carbonyl (C=O) groups is 1. The van der Waals surface area contributed by atoms with E-state index in [0.29, 0.717) is 19.8 Å². The summed E-state index contributed by atoms with van der Waals surface area (Å²) in [6.07, 6.45) is 0.842. The third-order valence-corrected chi connectivity index (χ3v) is 4.77. The highest BCUT2D eigenvalue weighted by molar-refractivity contribution is 9.10. The average molecular weight is 393 g/mol. The molecule has 0 aromatic heterocycles. The topological polar surface area (TPSA) is 84.5 Å². The number of sulfonamides is 1. The standard InChI is InChI=1S/C14H21BrN2O4S/c1-2-21-11-3-9-16-14(18)8-10-17-22(19,20)13-6-4-12(15)5-7-13/h4-7,17H,2-3,8-11H2,1H3,(H,16,18). The zero-order valence-electron chi connectivity index (χ0n) is 12.5. The van der Waals surface area contributed by atoms with Crippen LogP contribution < -0.4 is 10.0 Å². The van der Waals surface area contributed by atoms with Crippen LogP contribution in [0.1, 0.15) is 19.8 Å². The highest BCUT2D eigenvalue weighted by Gasteiger charge is 2.13. The molecule has 0 heterocycles. The first-order chi connectivity index (χ1) is 10.5. The van der Waals surface area contributed by atoms with Gasteiger partial charge in [0, 0.05) is 37.2 Å². The van der Waals surface area contributed by atoms with Crippen LogP contribution in [-0.4, -0.2) is 40.6 Å². The zero-order valence-corrected chi connectivity index (χ0v) is 14.9. The SMILES string of the molecule is CCOCCCNC(=O)CCNS(=O)(=O)c1ccc(Br)cc1. The Kier molecular flexibility index (Phi) is 8.62. The van der Waals surface area contributed by atoms with Crippen molar-refractivity contribution in [1.82, 2.24) is 10.0 Å². The van der Waals surface area contributed by atoms with E-state index in [1.54, 1.807) is 12.1 Å². The van der Waals surface area contributed by atoms with Crippen LogP contribution in [0.3, 0.4) is 0 Å². The van der Waals surface area contributed by atoms with Crippen LogP contribution in [0.25, 0.3) is 0 Å². The summed E-state index contributed by atoms with van der Waals surface area (Å²) in [4.78, 5) is 11.7. The number of carbonyl (C=O) groups excluding carboxylic acids is 1. The first-order valence-corrected chi connectivity index (χ1v) is 9.33. The van der Waals surface area contributed by atoms with E-state index >= 15 is 0 Å². The molecule has 2 N–H and O–H groups in total. The van der Waals surface area contributed by atoms with Crippen molar-refractivity contribution in [2.75, 3.05) is 26.3 Å². The van der Waals surface area contributed by atoms with Crippen LogP contribution in [0.2, 0.25) is 0 Å². The van der Waals surface area contributed by atoms with Crippen molar-refractivity contribution in [3.8, 4) is 0 Å². The van der Waals surface area contributed by atoms with Gasteiger partial charge < -0.3 is 10.1 Å². The quantitative estimate of drug-likeness (QED) is 0.593. The molecule has 0 saturated heterocycles. The van der Waals surface area contributed by atoms with Gasteiger partial charge in [-0.05, 0) is 37.6 Å². The van der Waals surface area contributed by atoms with Crippen LogP contribution in [0.5, 0.6) is 0 Å². The molecule has 0 aliphatic rings. The number of hydrogen-bond acceptors (Lipinski definition) is 4. The van der Waals surface area contributed by atoms with Crippen molar-refractivity contribution in [2.45, 2.75) is 24.7 Å². The second kappa shape index (κ2) is 9.94. The number of rotatable bonds is 10. The summed E-state index contributed by atoms with van der Waals surface area (Å²) in [6, 6.07) is 6.31. The molecule has 8 heteroatoms. The fourth-order valence-corrected chi connectivity index (χ4v) is 2.93. The Bertz CT molecular complexity index is 561. The molecule has 22 heavy (non-hydrogen) atoms. The Hall–Kier alpha value is -0.960. The van der Waals surface area contributed by atoms with E-state index in [4.69, 9.17) is 4.74 Å². The minimum absolute atomic E-state index is 0.0652. The molecule has 0 atom stereocenters. The van der Waals surface area contributed by atoms with Gasteiger partial charge in [-0.3, -0.25) is 4.79 Å². The van der Waals surface area contributed by atoms with Gasteiger partial charge in [0.1, 0.15) is 0 Å². The minimum atomic E-state index is -3.58. The van der Waals surface area contributed by atoms with E-state index in [2.05, 4.69) is 26.0 Å². The molecule has 0 aliphatic carbocycles. The van der Waals surface area contributed by atoms with Gasteiger partial charge in [-0.25, -0.2) is 13.1 Å². The summed E-state index contributed by atoms with van der Waals surface area (Å²) in [6.45, 7) is 3.77. The third-order valence-electron chi connectivity index (χ3n) is 2.76. The lowest BCUT2D eigenvalue weighted by molar-refractivity contribution is -0.120. The zero-order chi connectivity index (χ0) is 16.4. The summed E-state index contributed by atoms with van der Waals surface area (Å²) in [5, 5.41) is 2.72. The predicted octanol–water partition coefficient (Wildman–Crippen LogP) is 1.66. The second-order valence-corrected chi connectivity index (χ2v) is 7.18. The Balaban J connectivity index is 2.28. The molecule has 6 nitrogen and oxygen atoms in total. The maximum absolute atomic E-state index is 12.0. The van der Waals surface area contributed by atoms with Crippen molar-refractivity contribution in [1.29, 1.82) is 0 Å². The van der Waals surface area contributed by atoms with Crippen molar-refractivity contribution < 1.29 is 17.9 Å². The molecule has 0 saturated carbocycles. The van der Waals surface area contributed by atoms with E-state index in [1.165, 1.54) is 12.1 Å². The average Bonchev–Trinajstić information content (AvgIpc) is 2.47. The van der Waals surface area contributed by atoms with Gasteiger partial charge in [-0.2, -0.15) is 0 Å². The molecule has 0 spiro atoms. The van der Waals surface area contributed by atoms with Gasteiger partial charge in [0.05, 0.1) is 4.90 Å². The number of benzene rings is 1. The molecule has 0 unspecified atom stereocenters. The molecule has 1 rings (SSSR count). The fourth-order valence-electron chi connectivity index (χ4n) is 1.63. The van der Waals surface area contributed by atoms with Crippen LogP contribution in [-0.2, 0) is 19.6 Å². The lowest BCUT2D eigenvalue weighted by Crippen LogP contribution is -2.31. The van der Waals surface area contributed by atoms with Gasteiger partial charge in [-0.15, -0.1) is 0 Å². The van der Waals surface area contributed by atoms with E-state index in [9.17, 15) is 13.2 Å². The molecule has 0 radical (unpaired) electrons. The van der Waals surface area contributed by atoms with Gasteiger partial charge in [-0.1, -0.05) is 15.9 Å². The van der Waals surface area contributed by atoms with E-state index in [-0.39, 0.29) is 23.8 Å². The molecule has 0 aliphatic heterocycles. The number of halogens is 1. The first-order valence-electron chi connectivity index (χ1n) is 7.05. The molecule has 1 aromatic carbocycles. The summed E-state index contributed by atoms with van der Waals surface area (Å²) in [5.41, 5.74) is 0. The molecule has 0 bridgehead atoms. The Morgan fingerprint density at radius 2 is 1.91 bits per heavy atom. The summed E-state index contributed by atoms with van der Waals surface area (Å²) in [5.74, 6) is -0.185. The Labute approximate surface area is 139 Å². The smallest absolute Gasteiger partial charge is 0.240 e. The van der Waals surface area contributed by atoms with Gasteiger partial charge in [0.2, 0.25) is 15.9 Å². The van der Waals surface area contributed by atoms with E-state index < -0.39 is 10.0 Å². The third kappa shape index (κ3) is 7.35. The maximum Gasteiger partial charge on any atom is 0.240 e. The van der Waals surface area contributed by atoms with Gasteiger partial charge >= 0.3 is 0 Å². The number of nitrogens with one attached hydrogen (secondary N) is 2. The number of hydrogen-bond donors (Lipinski definition) is 2. The Morgan fingerprint density at radius 3 is 2.55 bits per heavy atom. The number of ether oxygens (including phenoxy) is 1. The highest BCUT2D eigenvalue weighted by Crippen LogP contribution is 2.14. The van der Waals surface area contributed by atoms with Gasteiger partial charge in [0.15, 0.2) is 0 Å². The van der Waals surface area contributed by atoms with Crippen molar-refractivity contribution >= 4 is 31.9 Å². The van der Waals surface area contributed by atoms with Crippen molar-refractivity contribution in [3.63, 3.8) is 0 Å². The lowest BCUT2D eigenvalue weighted by Gasteiger charge is -2.08. The van der Waals surface area contributed by atoms with Crippen LogP contribution in [0.15, 0.2) is 33.6 Å². The largest absolute Gasteiger partial charge is 0.382 e.